The van der Waals surface area contributed by atoms with Gasteiger partial charge in [0.1, 0.15) is 16.5 Å². The number of thiophene rings is 1. The lowest BCUT2D eigenvalue weighted by Crippen LogP contribution is -2.09. The van der Waals surface area contributed by atoms with Gasteiger partial charge < -0.3 is 10.2 Å². The average molecular weight is 296 g/mol. The van der Waals surface area contributed by atoms with Crippen LogP contribution in [-0.4, -0.2) is 5.78 Å². The highest BCUT2D eigenvalue weighted by molar-refractivity contribution is 7.14. The molecule has 0 aliphatic carbocycles. The van der Waals surface area contributed by atoms with Gasteiger partial charge in [0.15, 0.2) is 11.3 Å². The number of carbonyl (C=O) groups is 1. The number of nitriles is 1. The van der Waals surface area contributed by atoms with Crippen LogP contribution in [0.4, 0.5) is 5.88 Å². The van der Waals surface area contributed by atoms with Crippen LogP contribution in [0.1, 0.15) is 20.1 Å². The minimum Gasteiger partial charge on any atom is -0.441 e. The second-order valence-corrected chi connectivity index (χ2v) is 5.38. The normalized spacial score (nSPS) is 10.4. The molecule has 0 spiro atoms. The van der Waals surface area contributed by atoms with Crippen LogP contribution < -0.4 is 11.2 Å². The Morgan fingerprint density at radius 2 is 2.10 bits per heavy atom. The fraction of sp³-hybridized carbons (Fsp3) is 0. The second-order valence-electron chi connectivity index (χ2n) is 4.30. The van der Waals surface area contributed by atoms with Gasteiger partial charge in [-0.15, -0.1) is 11.3 Å². The smallest absolute Gasteiger partial charge is 0.203 e. The van der Waals surface area contributed by atoms with Crippen molar-refractivity contribution in [2.24, 2.45) is 0 Å². The Balaban J connectivity index is 2.23. The molecule has 0 aliphatic rings. The van der Waals surface area contributed by atoms with E-state index in [0.29, 0.717) is 9.75 Å². The lowest BCUT2D eigenvalue weighted by molar-refractivity contribution is 0.104. The van der Waals surface area contributed by atoms with Crippen LogP contribution in [0.25, 0.3) is 11.0 Å². The van der Waals surface area contributed by atoms with Crippen LogP contribution in [0.3, 0.4) is 0 Å². The molecule has 5 nitrogen and oxygen atoms in total. The largest absolute Gasteiger partial charge is 0.441 e. The molecule has 3 rings (SSSR count). The number of anilines is 1. The number of benzene rings is 1. The van der Waals surface area contributed by atoms with Gasteiger partial charge in [-0.3, -0.25) is 9.59 Å². The minimum atomic E-state index is -0.366. The van der Waals surface area contributed by atoms with Gasteiger partial charge in [0.2, 0.25) is 5.78 Å². The maximum absolute atomic E-state index is 12.5. The molecule has 3 aromatic rings. The van der Waals surface area contributed by atoms with Crippen LogP contribution in [-0.2, 0) is 0 Å². The predicted molar refractivity (Wildman–Crippen MR) is 79.4 cm³/mol. The number of nitrogens with two attached hydrogens (primary N) is 1. The van der Waals surface area contributed by atoms with Crippen LogP contribution in [0.5, 0.6) is 0 Å². The van der Waals surface area contributed by atoms with E-state index in [2.05, 4.69) is 0 Å². The van der Waals surface area contributed by atoms with Crippen molar-refractivity contribution in [3.8, 4) is 6.07 Å². The summed E-state index contributed by atoms with van der Waals surface area (Å²) in [6, 6.07) is 11.0. The van der Waals surface area contributed by atoms with Gasteiger partial charge in [0, 0.05) is 11.6 Å². The Labute approximate surface area is 122 Å². The number of hydrogen-bond donors (Lipinski definition) is 1. The monoisotopic (exact) mass is 296 g/mol. The van der Waals surface area contributed by atoms with Crippen molar-refractivity contribution < 1.29 is 9.21 Å². The SMILES string of the molecule is N#Cc1ccc(C(=O)c2cccc3oc(N)cc(=O)c23)s1. The van der Waals surface area contributed by atoms with Crippen molar-refractivity contribution in [3.05, 3.63) is 61.9 Å². The van der Waals surface area contributed by atoms with Gasteiger partial charge >= 0.3 is 0 Å². The molecule has 0 amide bonds. The molecule has 102 valence electrons. The zero-order valence-corrected chi connectivity index (χ0v) is 11.4. The maximum atomic E-state index is 12.5. The van der Waals surface area contributed by atoms with Crippen molar-refractivity contribution in [1.29, 1.82) is 5.26 Å². The molecule has 21 heavy (non-hydrogen) atoms. The van der Waals surface area contributed by atoms with E-state index >= 15 is 0 Å². The lowest BCUT2D eigenvalue weighted by atomic mass is 10.0. The molecule has 0 atom stereocenters. The molecular formula is C15H8N2O3S. The van der Waals surface area contributed by atoms with E-state index in [-0.39, 0.29) is 33.6 Å². The van der Waals surface area contributed by atoms with Crippen molar-refractivity contribution in [2.45, 2.75) is 0 Å². The number of ketones is 1. The number of hydrogen-bond acceptors (Lipinski definition) is 6. The Kier molecular flexibility index (Phi) is 3.05. The number of fused-ring (bicyclic) bond motifs is 1. The van der Waals surface area contributed by atoms with E-state index in [9.17, 15) is 9.59 Å². The molecule has 2 heterocycles. The van der Waals surface area contributed by atoms with Crippen LogP contribution in [0.2, 0.25) is 0 Å². The highest BCUT2D eigenvalue weighted by Gasteiger charge is 2.17. The van der Waals surface area contributed by atoms with E-state index < -0.39 is 0 Å². The Bertz CT molecular complexity index is 963. The molecule has 0 fully saturated rings. The minimum absolute atomic E-state index is 0.00000986. The third kappa shape index (κ3) is 2.20. The molecule has 2 N–H and O–H groups in total. The topological polar surface area (TPSA) is 97.1 Å². The van der Waals surface area contributed by atoms with Gasteiger partial charge in [0.25, 0.3) is 0 Å². The first-order valence-corrected chi connectivity index (χ1v) is 6.79. The Hall–Kier alpha value is -2.91. The molecule has 0 bridgehead atoms. The van der Waals surface area contributed by atoms with Crippen molar-refractivity contribution in [3.63, 3.8) is 0 Å². The third-order valence-electron chi connectivity index (χ3n) is 2.96. The second kappa shape index (κ2) is 4.89. The van der Waals surface area contributed by atoms with E-state index in [1.165, 1.54) is 0 Å². The summed E-state index contributed by atoms with van der Waals surface area (Å²) in [6.07, 6.45) is 0. The number of carbonyl (C=O) groups excluding carboxylic acids is 1. The maximum Gasteiger partial charge on any atom is 0.203 e. The van der Waals surface area contributed by atoms with E-state index in [4.69, 9.17) is 15.4 Å². The summed E-state index contributed by atoms with van der Waals surface area (Å²) in [4.78, 5) is 25.4. The van der Waals surface area contributed by atoms with Crippen molar-refractivity contribution in [1.82, 2.24) is 0 Å². The van der Waals surface area contributed by atoms with Gasteiger partial charge in [-0.25, -0.2) is 0 Å². The fourth-order valence-corrected chi connectivity index (χ4v) is 2.83. The number of nitrogens with zero attached hydrogens (tertiary/aromatic N) is 1. The summed E-state index contributed by atoms with van der Waals surface area (Å²) in [6.45, 7) is 0. The highest BCUT2D eigenvalue weighted by atomic mass is 32.1. The van der Waals surface area contributed by atoms with E-state index in [1.807, 2.05) is 6.07 Å². The predicted octanol–water partition coefficient (Wildman–Crippen LogP) is 2.54. The molecular weight excluding hydrogens is 288 g/mol. The van der Waals surface area contributed by atoms with E-state index in [0.717, 1.165) is 17.4 Å². The summed E-state index contributed by atoms with van der Waals surface area (Å²) in [7, 11) is 0. The molecule has 6 heteroatoms. The molecule has 0 radical (unpaired) electrons. The fourth-order valence-electron chi connectivity index (χ4n) is 2.07. The molecule has 2 aromatic heterocycles. The summed E-state index contributed by atoms with van der Waals surface area (Å²) in [5, 5.41) is 9.02. The molecule has 0 aliphatic heterocycles. The van der Waals surface area contributed by atoms with Gasteiger partial charge in [0.05, 0.1) is 10.3 Å². The quantitative estimate of drug-likeness (QED) is 0.733. The standard InChI is InChI=1S/C15H8N2O3S/c16-7-8-4-5-12(21-8)15(19)9-2-1-3-11-14(9)10(18)6-13(17)20-11/h1-6H,17H2. The summed E-state index contributed by atoms with van der Waals surface area (Å²) < 4.78 is 5.27. The average Bonchev–Trinajstić information content (AvgIpc) is 2.94. The molecule has 0 saturated heterocycles. The first-order chi connectivity index (χ1) is 10.1. The van der Waals surface area contributed by atoms with Gasteiger partial charge in [-0.2, -0.15) is 5.26 Å². The lowest BCUT2D eigenvalue weighted by Gasteiger charge is -2.03. The number of nitrogen functional groups attached to an aromatic ring is 1. The van der Waals surface area contributed by atoms with Crippen LogP contribution >= 0.6 is 11.3 Å². The van der Waals surface area contributed by atoms with Crippen molar-refractivity contribution in [2.75, 3.05) is 5.73 Å². The molecule has 0 unspecified atom stereocenters. The van der Waals surface area contributed by atoms with Gasteiger partial charge in [-0.05, 0) is 24.3 Å². The molecule has 1 aromatic carbocycles. The zero-order valence-electron chi connectivity index (χ0n) is 10.6. The van der Waals surface area contributed by atoms with Gasteiger partial charge in [-0.1, -0.05) is 6.07 Å². The first-order valence-electron chi connectivity index (χ1n) is 5.97. The van der Waals surface area contributed by atoms with Crippen LogP contribution in [0.15, 0.2) is 45.6 Å². The van der Waals surface area contributed by atoms with E-state index in [1.54, 1.807) is 30.3 Å². The van der Waals surface area contributed by atoms with Crippen molar-refractivity contribution >= 4 is 34.0 Å². The Morgan fingerprint density at radius 1 is 1.29 bits per heavy atom. The summed E-state index contributed by atoms with van der Waals surface area (Å²) >= 11 is 1.09. The Morgan fingerprint density at radius 3 is 2.81 bits per heavy atom. The van der Waals surface area contributed by atoms with Crippen LogP contribution in [0, 0.1) is 11.3 Å². The zero-order chi connectivity index (χ0) is 15.0. The highest BCUT2D eigenvalue weighted by Crippen LogP contribution is 2.24. The summed E-state index contributed by atoms with van der Waals surface area (Å²) in [5.41, 5.74) is 5.64. The third-order valence-corrected chi connectivity index (χ3v) is 3.95. The first kappa shape index (κ1) is 13.1. The number of rotatable bonds is 2. The summed E-state index contributed by atoms with van der Waals surface area (Å²) in [5.74, 6) is -0.316. The molecule has 0 saturated carbocycles.